The van der Waals surface area contributed by atoms with E-state index in [1.807, 2.05) is 30.3 Å². The fraction of sp³-hybridized carbons (Fsp3) is 0.278. The smallest absolute Gasteiger partial charge is 0.243 e. The number of methoxy groups -OCH3 is 1. The molecule has 0 aromatic heterocycles. The molecule has 0 radical (unpaired) electrons. The summed E-state index contributed by atoms with van der Waals surface area (Å²) in [5.74, 6) is 0.232. The predicted octanol–water partition coefficient (Wildman–Crippen LogP) is 1.67. The molecule has 0 saturated heterocycles. The minimum Gasteiger partial charge on any atom is -0.497 e. The van der Waals surface area contributed by atoms with E-state index < -0.39 is 10.0 Å². The molecule has 0 unspecified atom stereocenters. The zero-order chi connectivity index (χ0) is 18.3. The van der Waals surface area contributed by atoms with Gasteiger partial charge in [0.05, 0.1) is 18.6 Å². The molecular formula is C18H22N2O4S. The van der Waals surface area contributed by atoms with E-state index in [0.29, 0.717) is 18.7 Å². The third kappa shape index (κ3) is 5.30. The lowest BCUT2D eigenvalue weighted by Crippen LogP contribution is -2.39. The number of likely N-dealkylation sites (N-methyl/N-ethyl adjacent to an activating group) is 1. The number of hydrogen-bond donors (Lipinski definition) is 1. The van der Waals surface area contributed by atoms with Crippen molar-refractivity contribution in [3.63, 3.8) is 0 Å². The maximum atomic E-state index is 12.5. The Bertz CT molecular complexity index is 790. The van der Waals surface area contributed by atoms with E-state index in [0.717, 1.165) is 9.87 Å². The second kappa shape index (κ2) is 8.64. The molecule has 25 heavy (non-hydrogen) atoms. The second-order valence-corrected chi connectivity index (χ2v) is 7.57. The van der Waals surface area contributed by atoms with E-state index in [9.17, 15) is 13.2 Å². The minimum atomic E-state index is -3.72. The van der Waals surface area contributed by atoms with Gasteiger partial charge in [0.1, 0.15) is 5.75 Å². The van der Waals surface area contributed by atoms with Crippen molar-refractivity contribution in [3.05, 3.63) is 60.2 Å². The third-order valence-electron chi connectivity index (χ3n) is 3.71. The number of hydrogen-bond acceptors (Lipinski definition) is 4. The Morgan fingerprint density at radius 3 is 2.32 bits per heavy atom. The molecule has 0 aliphatic heterocycles. The maximum absolute atomic E-state index is 12.5. The highest BCUT2D eigenvalue weighted by molar-refractivity contribution is 7.89. The Labute approximate surface area is 148 Å². The lowest BCUT2D eigenvalue weighted by molar-refractivity contribution is -0.121. The SMILES string of the molecule is COc1ccc(S(=O)(=O)N(C)CC(=O)NCCc2ccccc2)cc1. The van der Waals surface area contributed by atoms with Crippen molar-refractivity contribution in [2.75, 3.05) is 27.2 Å². The Morgan fingerprint density at radius 1 is 1.08 bits per heavy atom. The van der Waals surface area contributed by atoms with Gasteiger partial charge in [-0.3, -0.25) is 4.79 Å². The summed E-state index contributed by atoms with van der Waals surface area (Å²) in [6.07, 6.45) is 0.696. The van der Waals surface area contributed by atoms with Gasteiger partial charge in [0, 0.05) is 13.6 Å². The van der Waals surface area contributed by atoms with Crippen LogP contribution < -0.4 is 10.1 Å². The molecule has 0 bridgehead atoms. The number of ether oxygens (including phenoxy) is 1. The topological polar surface area (TPSA) is 75.7 Å². The fourth-order valence-corrected chi connectivity index (χ4v) is 3.39. The molecule has 2 aromatic rings. The summed E-state index contributed by atoms with van der Waals surface area (Å²) in [6.45, 7) is 0.225. The number of carbonyl (C=O) groups excluding carboxylic acids is 1. The molecule has 0 spiro atoms. The summed E-state index contributed by atoms with van der Waals surface area (Å²) < 4.78 is 31.0. The molecule has 0 saturated carbocycles. The predicted molar refractivity (Wildman–Crippen MR) is 96.0 cm³/mol. The zero-order valence-corrected chi connectivity index (χ0v) is 15.1. The van der Waals surface area contributed by atoms with Gasteiger partial charge in [-0.2, -0.15) is 4.31 Å². The van der Waals surface area contributed by atoms with Crippen molar-refractivity contribution >= 4 is 15.9 Å². The molecule has 0 aliphatic carbocycles. The van der Waals surface area contributed by atoms with E-state index >= 15 is 0 Å². The van der Waals surface area contributed by atoms with E-state index in [2.05, 4.69) is 5.32 Å². The number of benzene rings is 2. The number of amides is 1. The van der Waals surface area contributed by atoms with E-state index in [1.54, 1.807) is 12.1 Å². The quantitative estimate of drug-likeness (QED) is 0.775. The molecule has 0 fully saturated rings. The van der Waals surface area contributed by atoms with Crippen LogP contribution in [-0.4, -0.2) is 45.9 Å². The van der Waals surface area contributed by atoms with E-state index in [1.165, 1.54) is 26.3 Å². The summed E-state index contributed by atoms with van der Waals surface area (Å²) in [5, 5.41) is 2.74. The van der Waals surface area contributed by atoms with Crippen molar-refractivity contribution in [1.29, 1.82) is 0 Å². The molecular weight excluding hydrogens is 340 g/mol. The second-order valence-electron chi connectivity index (χ2n) is 5.52. The van der Waals surface area contributed by atoms with Crippen LogP contribution in [0.3, 0.4) is 0 Å². The lowest BCUT2D eigenvalue weighted by Gasteiger charge is -2.17. The summed E-state index contributed by atoms with van der Waals surface area (Å²) in [4.78, 5) is 12.1. The highest BCUT2D eigenvalue weighted by atomic mass is 32.2. The lowest BCUT2D eigenvalue weighted by atomic mass is 10.1. The van der Waals surface area contributed by atoms with Crippen LogP contribution in [0.1, 0.15) is 5.56 Å². The van der Waals surface area contributed by atoms with Crippen molar-refractivity contribution in [3.8, 4) is 5.75 Å². The Balaban J connectivity index is 1.88. The molecule has 0 aliphatic rings. The minimum absolute atomic E-state index is 0.118. The molecule has 2 rings (SSSR count). The molecule has 0 heterocycles. The number of nitrogens with zero attached hydrogens (tertiary/aromatic N) is 1. The van der Waals surface area contributed by atoms with Crippen molar-refractivity contribution in [1.82, 2.24) is 9.62 Å². The molecule has 7 heteroatoms. The summed E-state index contributed by atoms with van der Waals surface area (Å²) in [5.41, 5.74) is 1.11. The summed E-state index contributed by atoms with van der Waals surface area (Å²) in [6, 6.07) is 15.8. The van der Waals surface area contributed by atoms with Crippen LogP contribution in [0.4, 0.5) is 0 Å². The van der Waals surface area contributed by atoms with Gasteiger partial charge < -0.3 is 10.1 Å². The monoisotopic (exact) mass is 362 g/mol. The molecule has 134 valence electrons. The van der Waals surface area contributed by atoms with Crippen LogP contribution in [0, 0.1) is 0 Å². The Hall–Kier alpha value is -2.38. The van der Waals surface area contributed by atoms with E-state index in [-0.39, 0.29) is 17.3 Å². The standard InChI is InChI=1S/C18H22N2O4S/c1-20(25(22,23)17-10-8-16(24-2)9-11-17)14-18(21)19-13-12-15-6-4-3-5-7-15/h3-11H,12-14H2,1-2H3,(H,19,21). The summed E-state index contributed by atoms with van der Waals surface area (Å²) in [7, 11) is -0.825. The van der Waals surface area contributed by atoms with Gasteiger partial charge in [-0.1, -0.05) is 30.3 Å². The highest BCUT2D eigenvalue weighted by Gasteiger charge is 2.22. The van der Waals surface area contributed by atoms with Crippen LogP contribution >= 0.6 is 0 Å². The number of nitrogens with one attached hydrogen (secondary N) is 1. The normalized spacial score (nSPS) is 11.3. The molecule has 1 N–H and O–H groups in total. The van der Waals surface area contributed by atoms with E-state index in [4.69, 9.17) is 4.74 Å². The van der Waals surface area contributed by atoms with Gasteiger partial charge >= 0.3 is 0 Å². The van der Waals surface area contributed by atoms with Gasteiger partial charge in [-0.15, -0.1) is 0 Å². The Kier molecular flexibility index (Phi) is 6.55. The van der Waals surface area contributed by atoms with Crippen molar-refractivity contribution < 1.29 is 17.9 Å². The number of rotatable bonds is 8. The first-order chi connectivity index (χ1) is 11.9. The third-order valence-corrected chi connectivity index (χ3v) is 5.53. The van der Waals surface area contributed by atoms with Crippen LogP contribution in [0.2, 0.25) is 0 Å². The van der Waals surface area contributed by atoms with Gasteiger partial charge in [-0.05, 0) is 36.2 Å². The fourth-order valence-electron chi connectivity index (χ4n) is 2.26. The average Bonchev–Trinajstić information content (AvgIpc) is 2.62. The molecule has 6 nitrogen and oxygen atoms in total. The average molecular weight is 362 g/mol. The first-order valence-electron chi connectivity index (χ1n) is 7.84. The first kappa shape index (κ1) is 19.0. The first-order valence-corrected chi connectivity index (χ1v) is 9.28. The largest absolute Gasteiger partial charge is 0.497 e. The van der Waals surface area contributed by atoms with Gasteiger partial charge in [0.2, 0.25) is 15.9 Å². The summed E-state index contributed by atoms with van der Waals surface area (Å²) >= 11 is 0. The van der Waals surface area contributed by atoms with Crippen LogP contribution in [-0.2, 0) is 21.2 Å². The van der Waals surface area contributed by atoms with Crippen LogP contribution in [0.25, 0.3) is 0 Å². The van der Waals surface area contributed by atoms with Gasteiger partial charge in [-0.25, -0.2) is 8.42 Å². The van der Waals surface area contributed by atoms with Crippen LogP contribution in [0.5, 0.6) is 5.75 Å². The maximum Gasteiger partial charge on any atom is 0.243 e. The zero-order valence-electron chi connectivity index (χ0n) is 14.3. The number of carbonyl (C=O) groups is 1. The molecule has 1 amide bonds. The molecule has 0 atom stereocenters. The van der Waals surface area contributed by atoms with Crippen LogP contribution in [0.15, 0.2) is 59.5 Å². The van der Waals surface area contributed by atoms with Gasteiger partial charge in [0.15, 0.2) is 0 Å². The number of sulfonamides is 1. The highest BCUT2D eigenvalue weighted by Crippen LogP contribution is 2.18. The molecule has 2 aromatic carbocycles. The Morgan fingerprint density at radius 2 is 1.72 bits per heavy atom. The van der Waals surface area contributed by atoms with Crippen molar-refractivity contribution in [2.45, 2.75) is 11.3 Å². The van der Waals surface area contributed by atoms with Gasteiger partial charge in [0.25, 0.3) is 0 Å². The van der Waals surface area contributed by atoms with Crippen molar-refractivity contribution in [2.24, 2.45) is 0 Å².